The third-order valence-corrected chi connectivity index (χ3v) is 4.49. The lowest BCUT2D eigenvalue weighted by molar-refractivity contribution is 0.242. The van der Waals surface area contributed by atoms with Crippen LogP contribution in [0.25, 0.3) is 0 Å². The van der Waals surface area contributed by atoms with Gasteiger partial charge in [0.15, 0.2) is 0 Å². The quantitative estimate of drug-likeness (QED) is 0.421. The zero-order valence-electron chi connectivity index (χ0n) is 13.3. The summed E-state index contributed by atoms with van der Waals surface area (Å²) in [4.78, 5) is 2.69. The molecule has 1 atom stereocenters. The zero-order valence-corrected chi connectivity index (χ0v) is 15.0. The van der Waals surface area contributed by atoms with Crippen molar-refractivity contribution in [1.29, 1.82) is 0 Å². The molecular formula is C17H36BrN. The van der Waals surface area contributed by atoms with E-state index in [1.807, 2.05) is 0 Å². The van der Waals surface area contributed by atoms with Crippen LogP contribution in [0.2, 0.25) is 0 Å². The average molecular weight is 334 g/mol. The van der Waals surface area contributed by atoms with Gasteiger partial charge in [0.25, 0.3) is 0 Å². The third kappa shape index (κ3) is 9.90. The summed E-state index contributed by atoms with van der Waals surface area (Å²) < 4.78 is 0. The van der Waals surface area contributed by atoms with Crippen molar-refractivity contribution < 1.29 is 0 Å². The third-order valence-electron chi connectivity index (χ3n) is 4.49. The standard InChI is InChI=1S/C17H35N.BrH/c1-3-4-5-6-7-8-9-10-11-14-17(2)18-15-12-13-16-18;/h17H,3-16H2,1-2H3;1H. The van der Waals surface area contributed by atoms with E-state index in [4.69, 9.17) is 0 Å². The molecule has 0 bridgehead atoms. The smallest absolute Gasteiger partial charge is 0.00669 e. The summed E-state index contributed by atoms with van der Waals surface area (Å²) >= 11 is 0. The summed E-state index contributed by atoms with van der Waals surface area (Å²) in [5.74, 6) is 0. The van der Waals surface area contributed by atoms with Crippen molar-refractivity contribution in [3.63, 3.8) is 0 Å². The molecule has 0 aromatic carbocycles. The molecule has 0 radical (unpaired) electrons. The van der Waals surface area contributed by atoms with E-state index in [1.165, 1.54) is 90.1 Å². The highest BCUT2D eigenvalue weighted by atomic mass is 79.9. The first-order valence-corrected chi connectivity index (χ1v) is 8.58. The van der Waals surface area contributed by atoms with E-state index in [9.17, 15) is 0 Å². The minimum atomic E-state index is 0. The molecular weight excluding hydrogens is 298 g/mol. The lowest BCUT2D eigenvalue weighted by atomic mass is 10.0. The van der Waals surface area contributed by atoms with E-state index in [-0.39, 0.29) is 17.0 Å². The van der Waals surface area contributed by atoms with Gasteiger partial charge in [0.1, 0.15) is 0 Å². The van der Waals surface area contributed by atoms with Crippen LogP contribution < -0.4 is 0 Å². The Morgan fingerprint density at radius 2 is 1.26 bits per heavy atom. The molecule has 0 aromatic rings. The molecule has 1 rings (SSSR count). The summed E-state index contributed by atoms with van der Waals surface area (Å²) in [6, 6.07) is 0.844. The molecule has 116 valence electrons. The molecule has 0 aliphatic carbocycles. The van der Waals surface area contributed by atoms with Gasteiger partial charge < -0.3 is 4.90 Å². The van der Waals surface area contributed by atoms with Crippen LogP contribution in [-0.2, 0) is 0 Å². The maximum Gasteiger partial charge on any atom is 0.00669 e. The second-order valence-corrected chi connectivity index (χ2v) is 6.21. The Kier molecular flexibility index (Phi) is 13.7. The second kappa shape index (κ2) is 13.4. The first-order valence-electron chi connectivity index (χ1n) is 8.58. The van der Waals surface area contributed by atoms with Crippen molar-refractivity contribution in [2.45, 2.75) is 96.9 Å². The van der Waals surface area contributed by atoms with Crippen molar-refractivity contribution in [2.24, 2.45) is 0 Å². The fourth-order valence-electron chi connectivity index (χ4n) is 3.12. The van der Waals surface area contributed by atoms with E-state index < -0.39 is 0 Å². The predicted octanol–water partition coefficient (Wildman–Crippen LogP) is 5.97. The molecule has 1 fully saturated rings. The van der Waals surface area contributed by atoms with Crippen molar-refractivity contribution in [2.75, 3.05) is 13.1 Å². The van der Waals surface area contributed by atoms with Crippen LogP contribution in [-0.4, -0.2) is 24.0 Å². The monoisotopic (exact) mass is 333 g/mol. The zero-order chi connectivity index (χ0) is 13.1. The second-order valence-electron chi connectivity index (χ2n) is 6.21. The Hall–Kier alpha value is 0.440. The average Bonchev–Trinajstić information content (AvgIpc) is 2.90. The lowest BCUT2D eigenvalue weighted by Gasteiger charge is -2.23. The predicted molar refractivity (Wildman–Crippen MR) is 92.4 cm³/mol. The highest BCUT2D eigenvalue weighted by Gasteiger charge is 2.16. The number of nitrogens with zero attached hydrogens (tertiary/aromatic N) is 1. The molecule has 0 saturated carbocycles. The van der Waals surface area contributed by atoms with Gasteiger partial charge in [-0.25, -0.2) is 0 Å². The molecule has 0 aromatic heterocycles. The number of unbranched alkanes of at least 4 members (excludes halogenated alkanes) is 8. The van der Waals surface area contributed by atoms with Crippen LogP contribution in [0.15, 0.2) is 0 Å². The lowest BCUT2D eigenvalue weighted by Crippen LogP contribution is -2.29. The van der Waals surface area contributed by atoms with E-state index in [2.05, 4.69) is 18.7 Å². The van der Waals surface area contributed by atoms with Crippen LogP contribution in [0.5, 0.6) is 0 Å². The fourth-order valence-corrected chi connectivity index (χ4v) is 3.12. The number of halogens is 1. The molecule has 1 saturated heterocycles. The SMILES string of the molecule is Br.CCCCCCCCCCCC(C)N1CCCC1. The number of hydrogen-bond acceptors (Lipinski definition) is 1. The van der Waals surface area contributed by atoms with Crippen molar-refractivity contribution in [3.8, 4) is 0 Å². The van der Waals surface area contributed by atoms with E-state index >= 15 is 0 Å². The molecule has 0 N–H and O–H groups in total. The highest BCUT2D eigenvalue weighted by molar-refractivity contribution is 8.93. The summed E-state index contributed by atoms with van der Waals surface area (Å²) in [6.07, 6.45) is 17.4. The first-order chi connectivity index (χ1) is 8.84. The molecule has 2 heteroatoms. The normalized spacial score (nSPS) is 17.4. The van der Waals surface area contributed by atoms with E-state index in [0.717, 1.165) is 6.04 Å². The van der Waals surface area contributed by atoms with Gasteiger partial charge in [-0.1, -0.05) is 64.7 Å². The molecule has 19 heavy (non-hydrogen) atoms. The molecule has 1 unspecified atom stereocenters. The highest BCUT2D eigenvalue weighted by Crippen LogP contribution is 2.17. The first kappa shape index (κ1) is 19.4. The Morgan fingerprint density at radius 3 is 1.79 bits per heavy atom. The number of likely N-dealkylation sites (tertiary alicyclic amines) is 1. The summed E-state index contributed by atoms with van der Waals surface area (Å²) in [7, 11) is 0. The molecule has 1 aliphatic rings. The van der Waals surface area contributed by atoms with Crippen LogP contribution in [0.1, 0.15) is 90.9 Å². The number of rotatable bonds is 11. The molecule has 1 aliphatic heterocycles. The summed E-state index contributed by atoms with van der Waals surface area (Å²) in [5.41, 5.74) is 0. The van der Waals surface area contributed by atoms with Gasteiger partial charge in [0.2, 0.25) is 0 Å². The molecule has 1 nitrogen and oxygen atoms in total. The van der Waals surface area contributed by atoms with Gasteiger partial charge in [0.05, 0.1) is 0 Å². The largest absolute Gasteiger partial charge is 0.301 e. The Bertz CT molecular complexity index is 178. The topological polar surface area (TPSA) is 3.24 Å². The van der Waals surface area contributed by atoms with Crippen LogP contribution in [0.3, 0.4) is 0 Å². The van der Waals surface area contributed by atoms with Gasteiger partial charge in [0, 0.05) is 6.04 Å². The van der Waals surface area contributed by atoms with Crippen molar-refractivity contribution in [3.05, 3.63) is 0 Å². The van der Waals surface area contributed by atoms with Crippen LogP contribution in [0, 0.1) is 0 Å². The minimum Gasteiger partial charge on any atom is -0.301 e. The van der Waals surface area contributed by atoms with Crippen LogP contribution >= 0.6 is 17.0 Å². The number of hydrogen-bond donors (Lipinski definition) is 0. The molecule has 0 spiro atoms. The molecule has 0 amide bonds. The fraction of sp³-hybridized carbons (Fsp3) is 1.00. The van der Waals surface area contributed by atoms with E-state index in [1.54, 1.807) is 0 Å². The van der Waals surface area contributed by atoms with Crippen molar-refractivity contribution >= 4 is 17.0 Å². The van der Waals surface area contributed by atoms with E-state index in [0.29, 0.717) is 0 Å². The van der Waals surface area contributed by atoms with Gasteiger partial charge in [-0.05, 0) is 39.3 Å². The molecule has 1 heterocycles. The van der Waals surface area contributed by atoms with Crippen LogP contribution in [0.4, 0.5) is 0 Å². The van der Waals surface area contributed by atoms with Gasteiger partial charge in [-0.2, -0.15) is 0 Å². The Balaban J connectivity index is 0.00000324. The van der Waals surface area contributed by atoms with Gasteiger partial charge >= 0.3 is 0 Å². The summed E-state index contributed by atoms with van der Waals surface area (Å²) in [5, 5.41) is 0. The maximum atomic E-state index is 2.69. The Morgan fingerprint density at radius 1 is 0.789 bits per heavy atom. The van der Waals surface area contributed by atoms with Gasteiger partial charge in [-0.15, -0.1) is 17.0 Å². The maximum absolute atomic E-state index is 2.69. The van der Waals surface area contributed by atoms with Gasteiger partial charge in [-0.3, -0.25) is 0 Å². The Labute approximate surface area is 132 Å². The minimum absolute atomic E-state index is 0. The summed E-state index contributed by atoms with van der Waals surface area (Å²) in [6.45, 7) is 7.44. The van der Waals surface area contributed by atoms with Crippen molar-refractivity contribution in [1.82, 2.24) is 4.90 Å².